The Labute approximate surface area is 98.9 Å². The van der Waals surface area contributed by atoms with Crippen molar-refractivity contribution in [2.24, 2.45) is 5.73 Å². The Morgan fingerprint density at radius 3 is 2.53 bits per heavy atom. The third kappa shape index (κ3) is 2.63. The zero-order valence-corrected chi connectivity index (χ0v) is 9.74. The van der Waals surface area contributed by atoms with E-state index in [0.717, 1.165) is 5.56 Å². The lowest BCUT2D eigenvalue weighted by molar-refractivity contribution is 0.598. The number of hydrogen-bond donors (Lipinski definition) is 3. The standard InChI is InChI=1S/C10H12N4O2S/c11-5-8-1-3-9(4-2-8)14-17(15,16)10-6-12-7-13-10/h1-4,6-7,14H,5,11H2,(H,12,13). The van der Waals surface area contributed by atoms with Crippen molar-refractivity contribution in [1.29, 1.82) is 0 Å². The van der Waals surface area contributed by atoms with Crippen molar-refractivity contribution in [3.8, 4) is 0 Å². The van der Waals surface area contributed by atoms with Crippen LogP contribution in [0.15, 0.2) is 41.8 Å². The highest BCUT2D eigenvalue weighted by Crippen LogP contribution is 2.14. The number of aromatic nitrogens is 2. The monoisotopic (exact) mass is 252 g/mol. The number of H-pyrrole nitrogens is 1. The topological polar surface area (TPSA) is 101 Å². The van der Waals surface area contributed by atoms with Crippen molar-refractivity contribution >= 4 is 15.7 Å². The molecule has 0 saturated carbocycles. The summed E-state index contributed by atoms with van der Waals surface area (Å²) in [5, 5.41) is 0.0281. The largest absolute Gasteiger partial charge is 0.334 e. The van der Waals surface area contributed by atoms with Gasteiger partial charge in [0.15, 0.2) is 5.03 Å². The van der Waals surface area contributed by atoms with Crippen molar-refractivity contribution in [1.82, 2.24) is 9.97 Å². The minimum Gasteiger partial charge on any atom is -0.334 e. The van der Waals surface area contributed by atoms with E-state index in [1.165, 1.54) is 12.5 Å². The molecule has 0 fully saturated rings. The Bertz CT molecular complexity index is 575. The summed E-state index contributed by atoms with van der Waals surface area (Å²) in [6.45, 7) is 0.424. The molecule has 0 aliphatic carbocycles. The highest BCUT2D eigenvalue weighted by atomic mass is 32.2. The minimum atomic E-state index is -3.59. The quantitative estimate of drug-likeness (QED) is 0.744. The molecule has 0 bridgehead atoms. The van der Waals surface area contributed by atoms with Gasteiger partial charge in [0, 0.05) is 12.2 Å². The first-order chi connectivity index (χ1) is 8.12. The summed E-state index contributed by atoms with van der Waals surface area (Å²) in [7, 11) is -3.59. The Balaban J connectivity index is 2.21. The predicted molar refractivity (Wildman–Crippen MR) is 63.7 cm³/mol. The van der Waals surface area contributed by atoms with Gasteiger partial charge >= 0.3 is 0 Å². The molecular formula is C10H12N4O2S. The summed E-state index contributed by atoms with van der Waals surface area (Å²) in [6, 6.07) is 6.86. The lowest BCUT2D eigenvalue weighted by Crippen LogP contribution is -2.13. The van der Waals surface area contributed by atoms with E-state index in [4.69, 9.17) is 5.73 Å². The second-order valence-electron chi connectivity index (χ2n) is 3.42. The molecule has 0 unspecified atom stereocenters. The molecular weight excluding hydrogens is 240 g/mol. The summed E-state index contributed by atoms with van der Waals surface area (Å²) in [5.74, 6) is 0. The van der Waals surface area contributed by atoms with Gasteiger partial charge in [-0.05, 0) is 17.7 Å². The van der Waals surface area contributed by atoms with Gasteiger partial charge in [-0.3, -0.25) is 4.72 Å². The number of aromatic amines is 1. The fraction of sp³-hybridized carbons (Fsp3) is 0.100. The van der Waals surface area contributed by atoms with Crippen LogP contribution in [0.4, 0.5) is 5.69 Å². The van der Waals surface area contributed by atoms with Gasteiger partial charge in [0.05, 0.1) is 12.5 Å². The molecule has 1 aromatic heterocycles. The van der Waals surface area contributed by atoms with Crippen molar-refractivity contribution < 1.29 is 8.42 Å². The van der Waals surface area contributed by atoms with Crippen LogP contribution in [0.25, 0.3) is 0 Å². The molecule has 1 heterocycles. The van der Waals surface area contributed by atoms with E-state index in [-0.39, 0.29) is 5.03 Å². The zero-order chi connectivity index (χ0) is 12.3. The van der Waals surface area contributed by atoms with Crippen LogP contribution in [0, 0.1) is 0 Å². The molecule has 0 atom stereocenters. The molecule has 0 aliphatic rings. The van der Waals surface area contributed by atoms with Crippen molar-refractivity contribution in [2.75, 3.05) is 4.72 Å². The van der Waals surface area contributed by atoms with E-state index in [2.05, 4.69) is 14.7 Å². The van der Waals surface area contributed by atoms with Gasteiger partial charge in [0.25, 0.3) is 10.0 Å². The molecule has 0 saturated heterocycles. The third-order valence-electron chi connectivity index (χ3n) is 2.20. The van der Waals surface area contributed by atoms with Crippen LogP contribution in [0.2, 0.25) is 0 Å². The molecule has 6 nitrogen and oxygen atoms in total. The van der Waals surface area contributed by atoms with Crippen LogP contribution < -0.4 is 10.5 Å². The van der Waals surface area contributed by atoms with Crippen LogP contribution in [0.5, 0.6) is 0 Å². The fourth-order valence-corrected chi connectivity index (χ4v) is 2.27. The Hall–Kier alpha value is -1.86. The molecule has 0 amide bonds. The van der Waals surface area contributed by atoms with Gasteiger partial charge in [0.2, 0.25) is 0 Å². The van der Waals surface area contributed by atoms with E-state index >= 15 is 0 Å². The summed E-state index contributed by atoms with van der Waals surface area (Å²) in [5.41, 5.74) is 6.87. The van der Waals surface area contributed by atoms with E-state index in [0.29, 0.717) is 12.2 Å². The average molecular weight is 252 g/mol. The van der Waals surface area contributed by atoms with Crippen molar-refractivity contribution in [2.45, 2.75) is 11.6 Å². The fourth-order valence-electron chi connectivity index (χ4n) is 1.31. The molecule has 4 N–H and O–H groups in total. The maximum Gasteiger partial charge on any atom is 0.278 e. The maximum absolute atomic E-state index is 11.8. The first kappa shape index (κ1) is 11.6. The van der Waals surface area contributed by atoms with E-state index in [9.17, 15) is 8.42 Å². The molecule has 0 aliphatic heterocycles. The first-order valence-electron chi connectivity index (χ1n) is 4.92. The summed E-state index contributed by atoms with van der Waals surface area (Å²) in [4.78, 5) is 6.20. The molecule has 0 radical (unpaired) electrons. The van der Waals surface area contributed by atoms with E-state index < -0.39 is 10.0 Å². The highest BCUT2D eigenvalue weighted by Gasteiger charge is 2.15. The van der Waals surface area contributed by atoms with E-state index in [1.807, 2.05) is 0 Å². The summed E-state index contributed by atoms with van der Waals surface area (Å²) < 4.78 is 26.1. The van der Waals surface area contributed by atoms with Gasteiger partial charge in [-0.25, -0.2) is 4.98 Å². The number of sulfonamides is 1. The number of benzene rings is 1. The zero-order valence-electron chi connectivity index (χ0n) is 8.92. The van der Waals surface area contributed by atoms with Crippen LogP contribution in [0.3, 0.4) is 0 Å². The van der Waals surface area contributed by atoms with Crippen LogP contribution in [-0.4, -0.2) is 18.4 Å². The molecule has 2 aromatic rings. The van der Waals surface area contributed by atoms with E-state index in [1.54, 1.807) is 24.3 Å². The number of rotatable bonds is 4. The molecule has 7 heteroatoms. The number of nitrogens with one attached hydrogen (secondary N) is 2. The smallest absolute Gasteiger partial charge is 0.278 e. The summed E-state index contributed by atoms with van der Waals surface area (Å²) in [6.07, 6.45) is 2.56. The van der Waals surface area contributed by atoms with Crippen LogP contribution >= 0.6 is 0 Å². The van der Waals surface area contributed by atoms with Gasteiger partial charge in [-0.2, -0.15) is 8.42 Å². The predicted octanol–water partition coefficient (Wildman–Crippen LogP) is 0.669. The minimum absolute atomic E-state index is 0.0281. The maximum atomic E-state index is 11.8. The normalized spacial score (nSPS) is 11.4. The Morgan fingerprint density at radius 2 is 2.00 bits per heavy atom. The van der Waals surface area contributed by atoms with Crippen LogP contribution in [0.1, 0.15) is 5.56 Å². The first-order valence-corrected chi connectivity index (χ1v) is 6.40. The average Bonchev–Trinajstić information content (AvgIpc) is 2.84. The van der Waals surface area contributed by atoms with Crippen molar-refractivity contribution in [3.05, 3.63) is 42.4 Å². The van der Waals surface area contributed by atoms with Crippen molar-refractivity contribution in [3.63, 3.8) is 0 Å². The lowest BCUT2D eigenvalue weighted by atomic mass is 10.2. The number of hydrogen-bond acceptors (Lipinski definition) is 4. The Morgan fingerprint density at radius 1 is 1.29 bits per heavy atom. The van der Waals surface area contributed by atoms with Gasteiger partial charge in [-0.1, -0.05) is 12.1 Å². The third-order valence-corrected chi connectivity index (χ3v) is 3.51. The van der Waals surface area contributed by atoms with Crippen LogP contribution in [-0.2, 0) is 16.6 Å². The second kappa shape index (κ2) is 4.56. The molecule has 2 rings (SSSR count). The Kier molecular flexibility index (Phi) is 3.12. The molecule has 0 spiro atoms. The lowest BCUT2D eigenvalue weighted by Gasteiger charge is -2.06. The number of anilines is 1. The molecule has 1 aromatic carbocycles. The van der Waals surface area contributed by atoms with Gasteiger partial charge < -0.3 is 10.7 Å². The highest BCUT2D eigenvalue weighted by molar-refractivity contribution is 7.92. The summed E-state index contributed by atoms with van der Waals surface area (Å²) >= 11 is 0. The number of nitrogens with zero attached hydrogens (tertiary/aromatic N) is 1. The number of imidazole rings is 1. The number of nitrogens with two attached hydrogens (primary N) is 1. The molecule has 90 valence electrons. The SMILES string of the molecule is NCc1ccc(NS(=O)(=O)c2cnc[nH]2)cc1. The molecule has 17 heavy (non-hydrogen) atoms. The van der Waals surface area contributed by atoms with Gasteiger partial charge in [-0.15, -0.1) is 0 Å². The second-order valence-corrected chi connectivity index (χ2v) is 5.07. The van der Waals surface area contributed by atoms with Gasteiger partial charge in [0.1, 0.15) is 0 Å².